The minimum atomic E-state index is -3.71. The maximum absolute atomic E-state index is 7.00. The molecule has 6 heteroatoms. The van der Waals surface area contributed by atoms with Crippen LogP contribution >= 0.6 is 7.43 Å². The molecule has 2 aliphatic heterocycles. The summed E-state index contributed by atoms with van der Waals surface area (Å²) in [4.78, 5) is 2.18. The quantitative estimate of drug-likeness (QED) is 0.701. The number of likely N-dealkylation sites (N-methyl/N-ethyl adjacent to an activating group) is 1. The normalized spacial score (nSPS) is 30.9. The Balaban J connectivity index is 2.30. The number of nitrogens with zero attached hydrogens (tertiary/aromatic N) is 2. The van der Waals surface area contributed by atoms with Crippen molar-refractivity contribution in [2.45, 2.75) is 64.1 Å². The van der Waals surface area contributed by atoms with Gasteiger partial charge in [-0.05, 0) is 0 Å². The van der Waals surface area contributed by atoms with Crippen LogP contribution in [0.3, 0.4) is 0 Å². The van der Waals surface area contributed by atoms with Gasteiger partial charge in [-0.3, -0.25) is 0 Å². The van der Waals surface area contributed by atoms with Crippen LogP contribution in [-0.2, 0) is 13.6 Å². The van der Waals surface area contributed by atoms with E-state index in [0.29, 0.717) is 0 Å². The molecular formula is C20H35N2O3P. The Bertz CT molecular complexity index is 672. The summed E-state index contributed by atoms with van der Waals surface area (Å²) in [6, 6.07) is 10.4. The Hall–Kier alpha value is -0.550. The molecule has 0 radical (unpaired) electrons. The van der Waals surface area contributed by atoms with Gasteiger partial charge < -0.3 is 0 Å². The van der Waals surface area contributed by atoms with Gasteiger partial charge in [-0.2, -0.15) is 0 Å². The van der Waals surface area contributed by atoms with Crippen LogP contribution in [0.15, 0.2) is 30.3 Å². The second-order valence-corrected chi connectivity index (χ2v) is 13.0. The van der Waals surface area contributed by atoms with Crippen molar-refractivity contribution in [2.24, 2.45) is 0 Å². The number of benzene rings is 1. The fourth-order valence-corrected chi connectivity index (χ4v) is 10.7. The molecule has 2 aliphatic rings. The van der Waals surface area contributed by atoms with E-state index < -0.39 is 18.6 Å². The van der Waals surface area contributed by atoms with Gasteiger partial charge >= 0.3 is 158 Å². The van der Waals surface area contributed by atoms with E-state index in [-0.39, 0.29) is 11.4 Å². The van der Waals surface area contributed by atoms with Crippen molar-refractivity contribution in [1.82, 2.24) is 9.57 Å². The van der Waals surface area contributed by atoms with E-state index in [0.717, 1.165) is 12.1 Å². The molecule has 26 heavy (non-hydrogen) atoms. The second-order valence-electron chi connectivity index (χ2n) is 9.52. The summed E-state index contributed by atoms with van der Waals surface area (Å²) in [5, 5.41) is 0. The Morgan fingerprint density at radius 2 is 1.42 bits per heavy atom. The van der Waals surface area contributed by atoms with Crippen molar-refractivity contribution in [3.63, 3.8) is 0 Å². The molecule has 0 bridgehead atoms. The molecule has 0 aromatic heterocycles. The van der Waals surface area contributed by atoms with Crippen molar-refractivity contribution in [2.75, 3.05) is 27.7 Å². The van der Waals surface area contributed by atoms with Crippen molar-refractivity contribution in [3.05, 3.63) is 35.9 Å². The van der Waals surface area contributed by atoms with Crippen LogP contribution in [0.25, 0.3) is 0 Å². The third-order valence-electron chi connectivity index (χ3n) is 5.88. The van der Waals surface area contributed by atoms with Crippen LogP contribution in [0.5, 0.6) is 0 Å². The zero-order valence-electron chi connectivity index (χ0n) is 17.7. The average molecular weight is 382 g/mol. The summed E-state index contributed by atoms with van der Waals surface area (Å²) in [7, 11) is 2.53. The molecule has 2 saturated heterocycles. The molecule has 1 unspecified atom stereocenters. The predicted octanol–water partition coefficient (Wildman–Crippen LogP) is 4.80. The van der Waals surface area contributed by atoms with E-state index >= 15 is 0 Å². The summed E-state index contributed by atoms with van der Waals surface area (Å²) >= 11 is 0. The Morgan fingerprint density at radius 3 is 1.81 bits per heavy atom. The molecule has 0 N–H and O–H groups in total. The third kappa shape index (κ3) is 2.68. The first kappa shape index (κ1) is 20.2. The van der Waals surface area contributed by atoms with Gasteiger partial charge in [0.05, 0.1) is 0 Å². The number of rotatable bonds is 3. The van der Waals surface area contributed by atoms with Crippen LogP contribution in [0.2, 0.25) is 0 Å². The van der Waals surface area contributed by atoms with Gasteiger partial charge in [-0.15, -0.1) is 0 Å². The van der Waals surface area contributed by atoms with E-state index in [9.17, 15) is 0 Å². The first-order valence-corrected chi connectivity index (χ1v) is 11.3. The third-order valence-corrected chi connectivity index (χ3v) is 11.2. The van der Waals surface area contributed by atoms with Crippen molar-refractivity contribution < 1.29 is 13.6 Å². The maximum atomic E-state index is 7.00. The summed E-state index contributed by atoms with van der Waals surface area (Å²) < 4.78 is 23.1. The zero-order chi connectivity index (χ0) is 19.6. The van der Waals surface area contributed by atoms with Crippen LogP contribution in [-0.4, -0.2) is 54.1 Å². The van der Waals surface area contributed by atoms with E-state index in [2.05, 4.69) is 96.5 Å². The first-order valence-electron chi connectivity index (χ1n) is 9.34. The summed E-state index contributed by atoms with van der Waals surface area (Å²) in [5.41, 5.74) is -0.176. The van der Waals surface area contributed by atoms with E-state index in [1.807, 2.05) is 6.07 Å². The van der Waals surface area contributed by atoms with Crippen LogP contribution in [0, 0.1) is 0 Å². The number of hydrogen-bond donors (Lipinski definition) is 0. The average Bonchev–Trinajstić information content (AvgIpc) is 2.74. The molecule has 2 heterocycles. The number of hydrogen-bond acceptors (Lipinski definition) is 5. The van der Waals surface area contributed by atoms with Gasteiger partial charge in [0.15, 0.2) is 0 Å². The molecule has 1 aromatic carbocycles. The van der Waals surface area contributed by atoms with Crippen molar-refractivity contribution >= 4 is 7.43 Å². The first-order chi connectivity index (χ1) is 11.8. The van der Waals surface area contributed by atoms with Crippen LogP contribution in [0.4, 0.5) is 0 Å². The van der Waals surface area contributed by atoms with E-state index in [1.54, 1.807) is 0 Å². The molecule has 2 fully saturated rings. The minimum absolute atomic E-state index is 0.143. The van der Waals surface area contributed by atoms with Crippen molar-refractivity contribution in [3.8, 4) is 0 Å². The van der Waals surface area contributed by atoms with Crippen molar-refractivity contribution in [1.29, 1.82) is 0 Å². The van der Waals surface area contributed by atoms with Gasteiger partial charge in [0.2, 0.25) is 0 Å². The molecule has 1 spiro atoms. The van der Waals surface area contributed by atoms with Gasteiger partial charge in [0.1, 0.15) is 0 Å². The SMILES string of the molecule is CN(C)C(c1ccccc1)P12(OC(C)(C)CN1C)OC(C)(C)C(C)(C)O2. The van der Waals surface area contributed by atoms with Gasteiger partial charge in [-0.1, -0.05) is 0 Å². The summed E-state index contributed by atoms with van der Waals surface area (Å²) in [6.07, 6.45) is 0. The molecule has 0 amide bonds. The fraction of sp³-hybridized carbons (Fsp3) is 0.700. The molecule has 1 atom stereocenters. The molecule has 148 valence electrons. The monoisotopic (exact) mass is 382 g/mol. The van der Waals surface area contributed by atoms with Gasteiger partial charge in [0, 0.05) is 0 Å². The van der Waals surface area contributed by atoms with E-state index in [1.165, 1.54) is 0 Å². The Labute approximate surface area is 158 Å². The fourth-order valence-electron chi connectivity index (χ4n) is 4.38. The predicted molar refractivity (Wildman–Crippen MR) is 108 cm³/mol. The van der Waals surface area contributed by atoms with E-state index in [4.69, 9.17) is 13.6 Å². The summed E-state index contributed by atoms with van der Waals surface area (Å²) in [6.45, 7) is 13.4. The standard InChI is InChI=1S/C20H35N2O3P/c1-18(2)15-22(9)26(23-18,24-19(3,4)20(5,6)25-26)17(21(7)8)16-13-11-10-12-14-16/h10-14,17H,15H2,1-9H3. The molecular weight excluding hydrogens is 347 g/mol. The second kappa shape index (κ2) is 5.73. The molecule has 0 saturated carbocycles. The molecule has 5 nitrogen and oxygen atoms in total. The topological polar surface area (TPSA) is 34.2 Å². The van der Waals surface area contributed by atoms with Crippen LogP contribution in [0.1, 0.15) is 52.9 Å². The molecule has 1 aromatic rings. The zero-order valence-corrected chi connectivity index (χ0v) is 18.6. The Kier molecular flexibility index (Phi) is 4.45. The molecule has 3 rings (SSSR count). The van der Waals surface area contributed by atoms with Gasteiger partial charge in [-0.25, -0.2) is 0 Å². The van der Waals surface area contributed by atoms with Gasteiger partial charge in [0.25, 0.3) is 0 Å². The van der Waals surface area contributed by atoms with Crippen LogP contribution < -0.4 is 0 Å². The molecule has 0 aliphatic carbocycles. The summed E-state index contributed by atoms with van der Waals surface area (Å²) in [5.74, 6) is -0.143. The Morgan fingerprint density at radius 1 is 0.923 bits per heavy atom.